The van der Waals surface area contributed by atoms with Gasteiger partial charge in [-0.1, -0.05) is 36.2 Å². The van der Waals surface area contributed by atoms with Crippen LogP contribution in [0.25, 0.3) is 11.6 Å². The van der Waals surface area contributed by atoms with Gasteiger partial charge in [0.2, 0.25) is 0 Å². The Morgan fingerprint density at radius 1 is 1.27 bits per heavy atom. The standard InChI is InChI=1S/C22H20ClN5OS/c1-2-11-28-21(29)18(13-15-7-9-16(23)10-8-15)30-22(28)17(14-24)20-26-25-19-6-4-3-5-12-27(19)20/h2,7-10,13H,1,3-6,11-12H2/b18-13?,22-17-. The summed E-state index contributed by atoms with van der Waals surface area (Å²) in [5, 5.41) is 19.3. The van der Waals surface area contributed by atoms with Crippen LogP contribution in [0.2, 0.25) is 5.02 Å². The van der Waals surface area contributed by atoms with Crippen LogP contribution in [0, 0.1) is 11.3 Å². The smallest absolute Gasteiger partial charge is 0.269 e. The first-order valence-corrected chi connectivity index (χ1v) is 11.0. The molecule has 152 valence electrons. The van der Waals surface area contributed by atoms with E-state index in [4.69, 9.17) is 11.6 Å². The van der Waals surface area contributed by atoms with Crippen LogP contribution in [0.3, 0.4) is 0 Å². The SMILES string of the molecule is C=CCn1c(=O)c(=Cc2ccc(Cl)cc2)s/c1=C(/C#N)c1nnc2n1CCCCC2. The highest BCUT2D eigenvalue weighted by Crippen LogP contribution is 2.18. The number of halogens is 1. The zero-order valence-electron chi connectivity index (χ0n) is 16.3. The molecule has 4 rings (SSSR count). The third-order valence-electron chi connectivity index (χ3n) is 5.05. The van der Waals surface area contributed by atoms with Gasteiger partial charge in [-0.15, -0.1) is 28.1 Å². The van der Waals surface area contributed by atoms with E-state index in [1.165, 1.54) is 11.3 Å². The molecule has 0 atom stereocenters. The van der Waals surface area contributed by atoms with Crippen molar-refractivity contribution in [2.75, 3.05) is 0 Å². The summed E-state index contributed by atoms with van der Waals surface area (Å²) >= 11 is 7.25. The van der Waals surface area contributed by atoms with Gasteiger partial charge in [0.25, 0.3) is 5.56 Å². The maximum absolute atomic E-state index is 13.1. The summed E-state index contributed by atoms with van der Waals surface area (Å²) in [7, 11) is 0. The molecule has 0 radical (unpaired) electrons. The Morgan fingerprint density at radius 3 is 2.80 bits per heavy atom. The van der Waals surface area contributed by atoms with E-state index in [0.29, 0.717) is 32.2 Å². The summed E-state index contributed by atoms with van der Waals surface area (Å²) in [4.78, 5) is 13.1. The number of benzene rings is 1. The number of nitrogens with zero attached hydrogens (tertiary/aromatic N) is 5. The second-order valence-electron chi connectivity index (χ2n) is 7.06. The van der Waals surface area contributed by atoms with Crippen molar-refractivity contribution < 1.29 is 0 Å². The molecule has 8 heteroatoms. The Balaban J connectivity index is 1.97. The molecule has 30 heavy (non-hydrogen) atoms. The van der Waals surface area contributed by atoms with Gasteiger partial charge in [-0.25, -0.2) is 0 Å². The van der Waals surface area contributed by atoms with Gasteiger partial charge >= 0.3 is 0 Å². The van der Waals surface area contributed by atoms with Gasteiger partial charge in [-0.3, -0.25) is 9.36 Å². The van der Waals surface area contributed by atoms with Crippen LogP contribution < -0.4 is 14.8 Å². The van der Waals surface area contributed by atoms with Gasteiger partial charge in [-0.05, 0) is 36.6 Å². The minimum atomic E-state index is -0.159. The van der Waals surface area contributed by atoms with Crippen LogP contribution in [-0.4, -0.2) is 19.3 Å². The van der Waals surface area contributed by atoms with Crippen molar-refractivity contribution in [2.24, 2.45) is 0 Å². The lowest BCUT2D eigenvalue weighted by molar-refractivity contribution is 0.626. The molecule has 0 unspecified atom stereocenters. The fraction of sp³-hybridized carbons (Fsp3) is 0.273. The van der Waals surface area contributed by atoms with E-state index < -0.39 is 0 Å². The second kappa shape index (κ2) is 8.82. The third kappa shape index (κ3) is 3.89. The van der Waals surface area contributed by atoms with Gasteiger partial charge in [-0.2, -0.15) is 5.26 Å². The van der Waals surface area contributed by atoms with E-state index in [9.17, 15) is 10.1 Å². The molecule has 0 bridgehead atoms. The zero-order chi connectivity index (χ0) is 21.1. The molecular formula is C22H20ClN5OS. The second-order valence-corrected chi connectivity index (χ2v) is 8.53. The summed E-state index contributed by atoms with van der Waals surface area (Å²) in [6, 6.07) is 9.55. The molecule has 0 aliphatic carbocycles. The highest BCUT2D eigenvalue weighted by molar-refractivity contribution is 7.07. The van der Waals surface area contributed by atoms with Crippen molar-refractivity contribution >= 4 is 34.6 Å². The van der Waals surface area contributed by atoms with E-state index >= 15 is 0 Å². The molecule has 0 fully saturated rings. The average Bonchev–Trinajstić information content (AvgIpc) is 3.17. The van der Waals surface area contributed by atoms with Crippen molar-refractivity contribution in [2.45, 2.75) is 38.8 Å². The number of nitriles is 1. The molecule has 6 nitrogen and oxygen atoms in total. The van der Waals surface area contributed by atoms with Crippen molar-refractivity contribution in [1.82, 2.24) is 19.3 Å². The number of allylic oxidation sites excluding steroid dienone is 1. The van der Waals surface area contributed by atoms with Crippen molar-refractivity contribution in [3.05, 3.63) is 78.7 Å². The number of aryl methyl sites for hydroxylation is 1. The third-order valence-corrected chi connectivity index (χ3v) is 6.43. The normalized spacial score (nSPS) is 15.3. The Kier molecular flexibility index (Phi) is 5.98. The highest BCUT2D eigenvalue weighted by atomic mass is 35.5. The Labute approximate surface area is 182 Å². The first-order valence-electron chi connectivity index (χ1n) is 9.77. The summed E-state index contributed by atoms with van der Waals surface area (Å²) in [5.74, 6) is 1.43. The highest BCUT2D eigenvalue weighted by Gasteiger charge is 2.20. The fourth-order valence-corrected chi connectivity index (χ4v) is 4.81. The lowest BCUT2D eigenvalue weighted by Gasteiger charge is -2.06. The number of fused-ring (bicyclic) bond motifs is 1. The molecule has 1 aliphatic heterocycles. The van der Waals surface area contributed by atoms with Crippen molar-refractivity contribution in [3.8, 4) is 6.07 Å². The monoisotopic (exact) mass is 437 g/mol. The largest absolute Gasteiger partial charge is 0.310 e. The summed E-state index contributed by atoms with van der Waals surface area (Å²) < 4.78 is 4.71. The Bertz CT molecular complexity index is 1310. The quantitative estimate of drug-likeness (QED) is 0.588. The van der Waals surface area contributed by atoms with Crippen LogP contribution in [0.1, 0.15) is 36.5 Å². The minimum absolute atomic E-state index is 0.159. The van der Waals surface area contributed by atoms with Gasteiger partial charge in [0.1, 0.15) is 22.1 Å². The molecule has 0 saturated carbocycles. The Hall–Kier alpha value is -2.95. The first-order chi connectivity index (χ1) is 14.6. The van der Waals surface area contributed by atoms with E-state index in [-0.39, 0.29) is 5.56 Å². The van der Waals surface area contributed by atoms with Crippen LogP contribution in [0.15, 0.2) is 41.7 Å². The van der Waals surface area contributed by atoms with E-state index in [1.54, 1.807) is 22.8 Å². The minimum Gasteiger partial charge on any atom is -0.310 e. The van der Waals surface area contributed by atoms with Crippen LogP contribution in [0.4, 0.5) is 0 Å². The van der Waals surface area contributed by atoms with Crippen LogP contribution >= 0.6 is 22.9 Å². The van der Waals surface area contributed by atoms with Crippen LogP contribution in [0.5, 0.6) is 0 Å². The summed E-state index contributed by atoms with van der Waals surface area (Å²) in [6.07, 6.45) is 7.54. The lowest BCUT2D eigenvalue weighted by Crippen LogP contribution is -2.32. The van der Waals surface area contributed by atoms with Crippen molar-refractivity contribution in [3.63, 3.8) is 0 Å². The molecule has 3 heterocycles. The maximum atomic E-state index is 13.1. The van der Waals surface area contributed by atoms with Gasteiger partial charge < -0.3 is 4.57 Å². The van der Waals surface area contributed by atoms with E-state index in [2.05, 4.69) is 22.8 Å². The van der Waals surface area contributed by atoms with Gasteiger partial charge in [0.15, 0.2) is 5.82 Å². The molecular weight excluding hydrogens is 418 g/mol. The summed E-state index contributed by atoms with van der Waals surface area (Å²) in [6.45, 7) is 4.86. The molecule has 2 aromatic heterocycles. The van der Waals surface area contributed by atoms with Crippen LogP contribution in [-0.2, 0) is 19.5 Å². The topological polar surface area (TPSA) is 76.5 Å². The number of aromatic nitrogens is 4. The first kappa shape index (κ1) is 20.3. The summed E-state index contributed by atoms with van der Waals surface area (Å²) in [5.41, 5.74) is 1.08. The molecule has 0 N–H and O–H groups in total. The molecule has 0 spiro atoms. The van der Waals surface area contributed by atoms with E-state index in [1.807, 2.05) is 22.8 Å². The van der Waals surface area contributed by atoms with Gasteiger partial charge in [0, 0.05) is 24.5 Å². The molecule has 3 aromatic rings. The fourth-order valence-electron chi connectivity index (χ4n) is 3.57. The predicted molar refractivity (Wildman–Crippen MR) is 119 cm³/mol. The molecule has 1 aliphatic rings. The van der Waals surface area contributed by atoms with Crippen molar-refractivity contribution in [1.29, 1.82) is 5.26 Å². The number of thiazole rings is 1. The molecule has 1 aromatic carbocycles. The predicted octanol–water partition coefficient (Wildman–Crippen LogP) is 2.62. The average molecular weight is 438 g/mol. The lowest BCUT2D eigenvalue weighted by atomic mass is 10.2. The van der Waals surface area contributed by atoms with E-state index in [0.717, 1.165) is 43.6 Å². The Morgan fingerprint density at radius 2 is 2.07 bits per heavy atom. The maximum Gasteiger partial charge on any atom is 0.269 e. The molecule has 0 amide bonds. The van der Waals surface area contributed by atoms with Gasteiger partial charge in [0.05, 0.1) is 4.53 Å². The molecule has 0 saturated heterocycles. The zero-order valence-corrected chi connectivity index (χ0v) is 17.9. The number of hydrogen-bond acceptors (Lipinski definition) is 5. The number of rotatable bonds is 4. The number of hydrogen-bond donors (Lipinski definition) is 0.